The summed E-state index contributed by atoms with van der Waals surface area (Å²) in [7, 11) is -3.95. The quantitative estimate of drug-likeness (QED) is 0.157. The molecule has 0 aliphatic heterocycles. The highest BCUT2D eigenvalue weighted by Gasteiger charge is 2.45. The van der Waals surface area contributed by atoms with Crippen LogP contribution in [0.1, 0.15) is 43.9 Å². The number of carbonyl (C=O) groups is 1. The highest BCUT2D eigenvalue weighted by molar-refractivity contribution is 8.17. The van der Waals surface area contributed by atoms with Crippen LogP contribution < -0.4 is 4.74 Å². The van der Waals surface area contributed by atoms with Gasteiger partial charge in [0.2, 0.25) is 0 Å². The summed E-state index contributed by atoms with van der Waals surface area (Å²) in [6.07, 6.45) is 0.998. The van der Waals surface area contributed by atoms with E-state index in [9.17, 15) is 9.36 Å². The van der Waals surface area contributed by atoms with Crippen molar-refractivity contribution in [2.45, 2.75) is 51.8 Å². The zero-order valence-electron chi connectivity index (χ0n) is 21.5. The second kappa shape index (κ2) is 11.7. The number of fused-ring (bicyclic) bond motifs is 1. The maximum Gasteiger partial charge on any atom is 0.374 e. The highest BCUT2D eigenvalue weighted by Crippen LogP contribution is 2.68. The third kappa shape index (κ3) is 6.51. The van der Waals surface area contributed by atoms with Crippen LogP contribution in [0.2, 0.25) is 0 Å². The van der Waals surface area contributed by atoms with E-state index in [1.807, 2.05) is 78.2 Å². The Morgan fingerprint density at radius 1 is 0.892 bits per heavy atom. The van der Waals surface area contributed by atoms with E-state index in [1.54, 1.807) is 39.8 Å². The first kappa shape index (κ1) is 27.1. The summed E-state index contributed by atoms with van der Waals surface area (Å²) in [6, 6.07) is 22.3. The Labute approximate surface area is 221 Å². The summed E-state index contributed by atoms with van der Waals surface area (Å²) >= 11 is 0.781. The first-order valence-corrected chi connectivity index (χ1v) is 14.6. The van der Waals surface area contributed by atoms with Crippen molar-refractivity contribution in [2.75, 3.05) is 0 Å². The van der Waals surface area contributed by atoms with E-state index in [1.165, 1.54) is 0 Å². The van der Waals surface area contributed by atoms with Gasteiger partial charge in [-0.3, -0.25) is 4.57 Å². The zero-order chi connectivity index (χ0) is 26.6. The first-order valence-electron chi connectivity index (χ1n) is 12.1. The molecule has 194 valence electrons. The van der Waals surface area contributed by atoms with E-state index in [-0.39, 0.29) is 0 Å². The van der Waals surface area contributed by atoms with Gasteiger partial charge in [-0.1, -0.05) is 54.1 Å². The van der Waals surface area contributed by atoms with Gasteiger partial charge >= 0.3 is 12.9 Å². The number of ether oxygens (including phenoxy) is 1. The molecular formula is C28H31N2O5PS. The minimum Gasteiger partial charge on any atom is -0.418 e. The third-order valence-electron chi connectivity index (χ3n) is 5.28. The van der Waals surface area contributed by atoms with E-state index < -0.39 is 30.1 Å². The van der Waals surface area contributed by atoms with Gasteiger partial charge in [-0.2, -0.15) is 0 Å². The Kier molecular flexibility index (Phi) is 8.55. The van der Waals surface area contributed by atoms with Crippen molar-refractivity contribution in [2.24, 2.45) is 0 Å². The van der Waals surface area contributed by atoms with Crippen molar-refractivity contribution in [1.29, 1.82) is 0 Å². The van der Waals surface area contributed by atoms with Gasteiger partial charge in [0.05, 0.1) is 23.6 Å². The normalized spacial score (nSPS) is 12.8. The van der Waals surface area contributed by atoms with Crippen molar-refractivity contribution in [3.63, 3.8) is 0 Å². The van der Waals surface area contributed by atoms with Crippen LogP contribution in [0.5, 0.6) is 5.75 Å². The number of pyridine rings is 1. The van der Waals surface area contributed by atoms with Crippen molar-refractivity contribution in [1.82, 2.24) is 9.38 Å². The SMILES string of the molecule is Cc1ccc(OC(=O)SC(c2c(-c3ccccc3)nc3ccccn23)P(=O)(OC(C)C)OC(C)C)cc1. The number of nitrogens with zero attached hydrogens (tertiary/aromatic N) is 2. The second-order valence-electron chi connectivity index (χ2n) is 9.12. The molecule has 0 aliphatic carbocycles. The van der Waals surface area contributed by atoms with Crippen LogP contribution in [-0.4, -0.2) is 26.9 Å². The van der Waals surface area contributed by atoms with Crippen LogP contribution in [0, 0.1) is 6.92 Å². The van der Waals surface area contributed by atoms with E-state index in [2.05, 4.69) is 0 Å². The molecule has 0 spiro atoms. The molecule has 1 unspecified atom stereocenters. The first-order chi connectivity index (χ1) is 17.7. The fourth-order valence-electron chi connectivity index (χ4n) is 3.87. The number of hydrogen-bond acceptors (Lipinski definition) is 7. The van der Waals surface area contributed by atoms with E-state index in [0.717, 1.165) is 22.9 Å². The van der Waals surface area contributed by atoms with Crippen molar-refractivity contribution < 1.29 is 23.1 Å². The lowest BCUT2D eigenvalue weighted by Gasteiger charge is -2.29. The molecule has 7 nitrogen and oxygen atoms in total. The van der Waals surface area contributed by atoms with Crippen molar-refractivity contribution in [3.8, 4) is 17.0 Å². The fraction of sp³-hybridized carbons (Fsp3) is 0.286. The molecule has 2 heterocycles. The molecule has 2 aromatic heterocycles. The minimum atomic E-state index is -3.95. The maximum atomic E-state index is 14.6. The predicted octanol–water partition coefficient (Wildman–Crippen LogP) is 8.28. The number of aromatic nitrogens is 2. The number of carbonyl (C=O) groups excluding carboxylic acids is 1. The van der Waals surface area contributed by atoms with Gasteiger partial charge in [-0.15, -0.1) is 0 Å². The van der Waals surface area contributed by atoms with Gasteiger partial charge in [0.1, 0.15) is 11.4 Å². The van der Waals surface area contributed by atoms with Gasteiger partial charge in [0.15, 0.2) is 4.99 Å². The number of benzene rings is 2. The molecular weight excluding hydrogens is 507 g/mol. The molecule has 0 saturated heterocycles. The number of hydrogen-bond donors (Lipinski definition) is 0. The van der Waals surface area contributed by atoms with Crippen LogP contribution in [0.15, 0.2) is 79.0 Å². The summed E-state index contributed by atoms with van der Waals surface area (Å²) in [5.74, 6) is 0.396. The monoisotopic (exact) mass is 538 g/mol. The molecule has 0 bridgehead atoms. The van der Waals surface area contributed by atoms with E-state index >= 15 is 0 Å². The third-order valence-corrected chi connectivity index (χ3v) is 9.34. The van der Waals surface area contributed by atoms with Gasteiger partial charge in [-0.25, -0.2) is 9.78 Å². The molecule has 0 saturated carbocycles. The van der Waals surface area contributed by atoms with Gasteiger partial charge in [0, 0.05) is 11.8 Å². The Balaban J connectivity index is 1.88. The van der Waals surface area contributed by atoms with E-state index in [0.29, 0.717) is 22.8 Å². The van der Waals surface area contributed by atoms with Crippen LogP contribution in [0.3, 0.4) is 0 Å². The summed E-state index contributed by atoms with van der Waals surface area (Å²) in [5.41, 5.74) is 3.64. The average Bonchev–Trinajstić information content (AvgIpc) is 3.22. The van der Waals surface area contributed by atoms with Crippen LogP contribution in [0.25, 0.3) is 16.9 Å². The largest absolute Gasteiger partial charge is 0.418 e. The standard InChI is InChI=1S/C28H31N2O5PS/c1-19(2)34-36(32,35-20(3)4)27(37-28(31)33-23-16-14-21(5)15-17-23)26-25(22-11-7-6-8-12-22)29-24-13-9-10-18-30(24)26/h6-20,27H,1-5H3. The molecule has 9 heteroatoms. The summed E-state index contributed by atoms with van der Waals surface area (Å²) in [6.45, 7) is 9.10. The topological polar surface area (TPSA) is 79.1 Å². The zero-order valence-corrected chi connectivity index (χ0v) is 23.2. The van der Waals surface area contributed by atoms with Crippen molar-refractivity contribution in [3.05, 3.63) is 90.3 Å². The molecule has 0 N–H and O–H groups in total. The summed E-state index contributed by atoms with van der Waals surface area (Å²) < 4.78 is 34.0. The molecule has 0 amide bonds. The molecule has 1 atom stereocenters. The second-order valence-corrected chi connectivity index (χ2v) is 12.5. The van der Waals surface area contributed by atoms with Crippen LogP contribution in [0.4, 0.5) is 4.79 Å². The van der Waals surface area contributed by atoms with Crippen LogP contribution in [-0.2, 0) is 13.6 Å². The number of aryl methyl sites for hydroxylation is 1. The number of rotatable bonds is 9. The predicted molar refractivity (Wildman–Crippen MR) is 148 cm³/mol. The lowest BCUT2D eigenvalue weighted by Crippen LogP contribution is -2.16. The summed E-state index contributed by atoms with van der Waals surface area (Å²) in [5, 5.41) is -0.626. The lowest BCUT2D eigenvalue weighted by molar-refractivity contribution is 0.141. The molecule has 37 heavy (non-hydrogen) atoms. The Morgan fingerprint density at radius 2 is 1.51 bits per heavy atom. The highest BCUT2D eigenvalue weighted by atomic mass is 32.2. The van der Waals surface area contributed by atoms with Crippen LogP contribution >= 0.6 is 19.4 Å². The lowest BCUT2D eigenvalue weighted by atomic mass is 10.1. The Morgan fingerprint density at radius 3 is 2.14 bits per heavy atom. The van der Waals surface area contributed by atoms with E-state index in [4.69, 9.17) is 18.8 Å². The molecule has 0 aliphatic rings. The Bertz CT molecular complexity index is 1390. The molecule has 4 rings (SSSR count). The molecule has 0 fully saturated rings. The number of thioether (sulfide) groups is 1. The molecule has 2 aromatic carbocycles. The molecule has 4 aromatic rings. The molecule has 0 radical (unpaired) electrons. The maximum absolute atomic E-state index is 14.6. The average molecular weight is 539 g/mol. The Hall–Kier alpha value is -2.90. The summed E-state index contributed by atoms with van der Waals surface area (Å²) in [4.78, 5) is 17.1. The number of imidazole rings is 1. The van der Waals surface area contributed by atoms with Crippen molar-refractivity contribution >= 4 is 30.3 Å². The fourth-order valence-corrected chi connectivity index (χ4v) is 7.60. The van der Waals surface area contributed by atoms with Gasteiger partial charge in [-0.05, 0) is 70.6 Å². The smallest absolute Gasteiger partial charge is 0.374 e. The minimum absolute atomic E-state index is 0.396. The van der Waals surface area contributed by atoms with Gasteiger partial charge < -0.3 is 18.2 Å². The van der Waals surface area contributed by atoms with Gasteiger partial charge in [0.25, 0.3) is 0 Å².